The summed E-state index contributed by atoms with van der Waals surface area (Å²) in [5.41, 5.74) is 2.49. The van der Waals surface area contributed by atoms with Gasteiger partial charge in [-0.05, 0) is 44.0 Å². The van der Waals surface area contributed by atoms with Crippen LogP contribution < -0.4 is 10.6 Å². The highest BCUT2D eigenvalue weighted by Crippen LogP contribution is 2.29. The zero-order chi connectivity index (χ0) is 19.2. The largest absolute Gasteiger partial charge is 0.354 e. The number of aryl methyl sites for hydroxylation is 2. The molecule has 0 atom stereocenters. The number of hydrogen-bond donors (Lipinski definition) is 2. The minimum atomic E-state index is -0.232. The Morgan fingerprint density at radius 3 is 2.63 bits per heavy atom. The van der Waals surface area contributed by atoms with Crippen LogP contribution in [0.1, 0.15) is 25.8 Å². The highest BCUT2D eigenvalue weighted by Gasteiger charge is 2.10. The average Bonchev–Trinajstić information content (AvgIpc) is 3.29. The van der Waals surface area contributed by atoms with E-state index in [1.807, 2.05) is 32.0 Å². The number of rotatable bonds is 7. The molecule has 0 saturated heterocycles. The van der Waals surface area contributed by atoms with E-state index < -0.39 is 0 Å². The lowest BCUT2D eigenvalue weighted by Crippen LogP contribution is -2.37. The zero-order valence-electron chi connectivity index (χ0n) is 15.2. The van der Waals surface area contributed by atoms with Crippen molar-refractivity contribution in [3.8, 4) is 10.6 Å². The van der Waals surface area contributed by atoms with Crippen molar-refractivity contribution in [1.29, 1.82) is 0 Å². The molecule has 0 aliphatic carbocycles. The molecular formula is C20H21N3O2S2. The van der Waals surface area contributed by atoms with Gasteiger partial charge < -0.3 is 10.6 Å². The van der Waals surface area contributed by atoms with Gasteiger partial charge in [-0.2, -0.15) is 0 Å². The quantitative estimate of drug-likeness (QED) is 0.638. The summed E-state index contributed by atoms with van der Waals surface area (Å²) in [7, 11) is 0. The first kappa shape index (κ1) is 19.3. The lowest BCUT2D eigenvalue weighted by Gasteiger charge is -2.08. The van der Waals surface area contributed by atoms with Crippen molar-refractivity contribution < 1.29 is 9.59 Å². The molecule has 0 fully saturated rings. The lowest BCUT2D eigenvalue weighted by molar-refractivity contribution is -0.120. The molecule has 5 nitrogen and oxygen atoms in total. The van der Waals surface area contributed by atoms with Crippen molar-refractivity contribution in [3.63, 3.8) is 0 Å². The van der Waals surface area contributed by atoms with Gasteiger partial charge >= 0.3 is 0 Å². The van der Waals surface area contributed by atoms with E-state index in [1.54, 1.807) is 28.7 Å². The number of thiazole rings is 1. The summed E-state index contributed by atoms with van der Waals surface area (Å²) >= 11 is 3.33. The molecule has 1 aromatic carbocycles. The van der Waals surface area contributed by atoms with Crippen molar-refractivity contribution in [3.05, 3.63) is 62.8 Å². The fraction of sp³-hybridized carbons (Fsp3) is 0.250. The number of benzene rings is 1. The van der Waals surface area contributed by atoms with Crippen LogP contribution in [-0.2, 0) is 11.2 Å². The van der Waals surface area contributed by atoms with Gasteiger partial charge in [0.2, 0.25) is 5.91 Å². The van der Waals surface area contributed by atoms with E-state index in [4.69, 9.17) is 0 Å². The number of amides is 2. The van der Waals surface area contributed by atoms with Gasteiger partial charge in [0.15, 0.2) is 0 Å². The number of aromatic nitrogens is 1. The van der Waals surface area contributed by atoms with Gasteiger partial charge in [-0.1, -0.05) is 18.2 Å². The molecule has 2 aromatic heterocycles. The zero-order valence-corrected chi connectivity index (χ0v) is 16.9. The van der Waals surface area contributed by atoms with Gasteiger partial charge in [0.1, 0.15) is 0 Å². The summed E-state index contributed by atoms with van der Waals surface area (Å²) in [4.78, 5) is 30.9. The maximum atomic E-state index is 12.1. The monoisotopic (exact) mass is 399 g/mol. The summed E-state index contributed by atoms with van der Waals surface area (Å²) in [5.74, 6) is -0.423. The van der Waals surface area contributed by atoms with Gasteiger partial charge in [-0.3, -0.25) is 9.59 Å². The summed E-state index contributed by atoms with van der Waals surface area (Å²) in [6.07, 6.45) is 0.755. The molecule has 2 amide bonds. The number of carbonyl (C=O) groups excluding carboxylic acids is 2. The molecule has 0 radical (unpaired) electrons. The van der Waals surface area contributed by atoms with Crippen LogP contribution in [0.5, 0.6) is 0 Å². The van der Waals surface area contributed by atoms with Crippen LogP contribution in [0.3, 0.4) is 0 Å². The predicted molar refractivity (Wildman–Crippen MR) is 110 cm³/mol. The van der Waals surface area contributed by atoms with Gasteiger partial charge in [-0.15, -0.1) is 22.7 Å². The van der Waals surface area contributed by atoms with Crippen LogP contribution in [0.4, 0.5) is 0 Å². The third-order valence-electron chi connectivity index (χ3n) is 4.03. The molecular weight excluding hydrogens is 378 g/mol. The Morgan fingerprint density at radius 2 is 1.89 bits per heavy atom. The van der Waals surface area contributed by atoms with Crippen LogP contribution in [0, 0.1) is 13.8 Å². The average molecular weight is 400 g/mol. The van der Waals surface area contributed by atoms with E-state index in [-0.39, 0.29) is 18.4 Å². The Morgan fingerprint density at radius 1 is 1.07 bits per heavy atom. The van der Waals surface area contributed by atoms with Crippen LogP contribution >= 0.6 is 22.7 Å². The third kappa shape index (κ3) is 5.24. The standard InChI is InChI=1S/C20H21N3O2S2/c1-13-5-3-4-6-16(13)20(25)22-11-19(24)21-10-9-15-7-8-18(27-15)17-12-26-14(2)23-17/h3-8,12H,9-11H2,1-2H3,(H,21,24)(H,22,25). The van der Waals surface area contributed by atoms with Crippen molar-refractivity contribution >= 4 is 34.5 Å². The maximum absolute atomic E-state index is 12.1. The molecule has 2 heterocycles. The lowest BCUT2D eigenvalue weighted by atomic mass is 10.1. The molecule has 3 aromatic rings. The number of thiophene rings is 1. The Kier molecular flexibility index (Phi) is 6.36. The smallest absolute Gasteiger partial charge is 0.251 e. The predicted octanol–water partition coefficient (Wildman–Crippen LogP) is 3.58. The van der Waals surface area contributed by atoms with Crippen molar-refractivity contribution in [1.82, 2.24) is 15.6 Å². The number of hydrogen-bond acceptors (Lipinski definition) is 5. The second-order valence-electron chi connectivity index (χ2n) is 6.12. The van der Waals surface area contributed by atoms with Gasteiger partial charge in [0.05, 0.1) is 22.1 Å². The number of carbonyl (C=O) groups is 2. The summed E-state index contributed by atoms with van der Waals surface area (Å²) in [5, 5.41) is 8.62. The summed E-state index contributed by atoms with van der Waals surface area (Å²) < 4.78 is 0. The fourth-order valence-electron chi connectivity index (χ4n) is 2.60. The topological polar surface area (TPSA) is 71.1 Å². The molecule has 0 bridgehead atoms. The van der Waals surface area contributed by atoms with E-state index >= 15 is 0 Å². The Hall–Kier alpha value is -2.51. The Labute approximate surface area is 166 Å². The Bertz CT molecular complexity index is 946. The summed E-state index contributed by atoms with van der Waals surface area (Å²) in [6.45, 7) is 4.38. The molecule has 0 aliphatic heterocycles. The van der Waals surface area contributed by atoms with E-state index in [0.717, 1.165) is 27.6 Å². The van der Waals surface area contributed by atoms with E-state index in [9.17, 15) is 9.59 Å². The SMILES string of the molecule is Cc1nc(-c2ccc(CCNC(=O)CNC(=O)c3ccccc3C)s2)cs1. The summed E-state index contributed by atoms with van der Waals surface area (Å²) in [6, 6.07) is 11.5. The molecule has 0 saturated carbocycles. The van der Waals surface area contributed by atoms with Crippen molar-refractivity contribution in [2.24, 2.45) is 0 Å². The number of nitrogens with one attached hydrogen (secondary N) is 2. The first-order chi connectivity index (χ1) is 13.0. The first-order valence-electron chi connectivity index (χ1n) is 8.64. The molecule has 0 unspecified atom stereocenters. The fourth-order valence-corrected chi connectivity index (χ4v) is 4.25. The van der Waals surface area contributed by atoms with Crippen LogP contribution in [0.15, 0.2) is 41.8 Å². The molecule has 0 aliphatic rings. The van der Waals surface area contributed by atoms with Gasteiger partial charge in [-0.25, -0.2) is 4.98 Å². The maximum Gasteiger partial charge on any atom is 0.251 e. The molecule has 2 N–H and O–H groups in total. The van der Waals surface area contributed by atoms with Crippen LogP contribution in [0.25, 0.3) is 10.6 Å². The van der Waals surface area contributed by atoms with Crippen molar-refractivity contribution in [2.75, 3.05) is 13.1 Å². The van der Waals surface area contributed by atoms with Crippen LogP contribution in [0.2, 0.25) is 0 Å². The highest BCUT2D eigenvalue weighted by molar-refractivity contribution is 7.16. The first-order valence-corrected chi connectivity index (χ1v) is 10.3. The molecule has 27 heavy (non-hydrogen) atoms. The minimum Gasteiger partial charge on any atom is -0.354 e. The number of nitrogens with zero attached hydrogens (tertiary/aromatic N) is 1. The van der Waals surface area contributed by atoms with E-state index in [2.05, 4.69) is 33.1 Å². The van der Waals surface area contributed by atoms with Gasteiger partial charge in [0, 0.05) is 22.4 Å². The van der Waals surface area contributed by atoms with Gasteiger partial charge in [0.25, 0.3) is 5.91 Å². The second kappa shape index (κ2) is 8.92. The molecule has 7 heteroatoms. The molecule has 0 spiro atoms. The van der Waals surface area contributed by atoms with E-state index in [0.29, 0.717) is 12.1 Å². The molecule has 140 valence electrons. The van der Waals surface area contributed by atoms with E-state index in [1.165, 1.54) is 4.88 Å². The second-order valence-corrected chi connectivity index (χ2v) is 8.35. The van der Waals surface area contributed by atoms with Crippen molar-refractivity contribution in [2.45, 2.75) is 20.3 Å². The normalized spacial score (nSPS) is 10.6. The Balaban J connectivity index is 1.42. The minimum absolute atomic E-state index is 0.0268. The highest BCUT2D eigenvalue weighted by atomic mass is 32.1. The third-order valence-corrected chi connectivity index (χ3v) is 5.97. The molecule has 3 rings (SSSR count). The van der Waals surface area contributed by atoms with Crippen LogP contribution in [-0.4, -0.2) is 29.9 Å².